The van der Waals surface area contributed by atoms with Gasteiger partial charge in [-0.05, 0) is 19.3 Å². The van der Waals surface area contributed by atoms with Gasteiger partial charge in [-0.3, -0.25) is 4.79 Å². The Kier molecular flexibility index (Phi) is 3.00. The highest BCUT2D eigenvalue weighted by Gasteiger charge is 2.23. The van der Waals surface area contributed by atoms with Crippen molar-refractivity contribution in [1.82, 2.24) is 9.97 Å². The molecular weight excluding hydrogens is 208 g/mol. The van der Waals surface area contributed by atoms with E-state index in [0.717, 1.165) is 12.8 Å². The summed E-state index contributed by atoms with van der Waals surface area (Å²) in [4.78, 5) is 18.8. The van der Waals surface area contributed by atoms with Gasteiger partial charge in [0.05, 0.1) is 11.7 Å². The van der Waals surface area contributed by atoms with Gasteiger partial charge in [-0.2, -0.15) is 0 Å². The van der Waals surface area contributed by atoms with E-state index in [1.165, 1.54) is 12.4 Å². The maximum atomic E-state index is 10.8. The molecule has 86 valence electrons. The van der Waals surface area contributed by atoms with Crippen LogP contribution >= 0.6 is 0 Å². The molecule has 2 atom stereocenters. The van der Waals surface area contributed by atoms with Crippen molar-refractivity contribution in [3.63, 3.8) is 0 Å². The summed E-state index contributed by atoms with van der Waals surface area (Å²) in [7, 11) is 0. The Morgan fingerprint density at radius 3 is 2.62 bits per heavy atom. The van der Waals surface area contributed by atoms with Crippen LogP contribution in [0.1, 0.15) is 29.6 Å². The number of nitrogens with one attached hydrogen (secondary N) is 1. The van der Waals surface area contributed by atoms with Gasteiger partial charge in [-0.15, -0.1) is 0 Å². The number of amides is 1. The maximum absolute atomic E-state index is 10.8. The molecule has 0 radical (unpaired) electrons. The fraction of sp³-hybridized carbons (Fsp3) is 0.500. The molecule has 0 aliphatic heterocycles. The van der Waals surface area contributed by atoms with Crippen LogP contribution < -0.4 is 11.1 Å². The average molecular weight is 222 g/mol. The highest BCUT2D eigenvalue weighted by atomic mass is 16.3. The number of nitrogens with zero attached hydrogens (tertiary/aromatic N) is 2. The van der Waals surface area contributed by atoms with Crippen molar-refractivity contribution in [2.75, 3.05) is 5.32 Å². The van der Waals surface area contributed by atoms with Crippen LogP contribution in [0.3, 0.4) is 0 Å². The van der Waals surface area contributed by atoms with Crippen molar-refractivity contribution < 1.29 is 9.90 Å². The number of nitrogens with two attached hydrogens (primary N) is 1. The first-order valence-corrected chi connectivity index (χ1v) is 5.21. The molecule has 1 heterocycles. The third-order valence-electron chi connectivity index (χ3n) is 2.67. The molecule has 1 aromatic rings. The average Bonchev–Trinajstić information content (AvgIpc) is 2.65. The van der Waals surface area contributed by atoms with Crippen LogP contribution in [0.4, 0.5) is 5.95 Å². The molecule has 0 bridgehead atoms. The largest absolute Gasteiger partial charge is 0.393 e. The lowest BCUT2D eigenvalue weighted by atomic mass is 10.2. The molecule has 1 amide bonds. The maximum Gasteiger partial charge on any atom is 0.251 e. The zero-order valence-electron chi connectivity index (χ0n) is 8.76. The monoisotopic (exact) mass is 222 g/mol. The Hall–Kier alpha value is -1.69. The summed E-state index contributed by atoms with van der Waals surface area (Å²) < 4.78 is 0. The van der Waals surface area contributed by atoms with Crippen molar-refractivity contribution >= 4 is 11.9 Å². The normalized spacial score (nSPS) is 24.3. The smallest absolute Gasteiger partial charge is 0.251 e. The first-order chi connectivity index (χ1) is 7.65. The minimum atomic E-state index is -0.539. The Labute approximate surface area is 92.9 Å². The molecule has 0 spiro atoms. The van der Waals surface area contributed by atoms with Crippen LogP contribution in [-0.4, -0.2) is 33.1 Å². The van der Waals surface area contributed by atoms with Crippen molar-refractivity contribution in [2.24, 2.45) is 5.73 Å². The number of hydrogen-bond donors (Lipinski definition) is 3. The van der Waals surface area contributed by atoms with Crippen LogP contribution in [-0.2, 0) is 0 Å². The van der Waals surface area contributed by atoms with Gasteiger partial charge in [-0.1, -0.05) is 0 Å². The summed E-state index contributed by atoms with van der Waals surface area (Å²) in [6, 6.07) is 0.203. The van der Waals surface area contributed by atoms with Crippen LogP contribution in [0.25, 0.3) is 0 Å². The van der Waals surface area contributed by atoms with E-state index in [9.17, 15) is 9.90 Å². The molecule has 0 unspecified atom stereocenters. The summed E-state index contributed by atoms with van der Waals surface area (Å²) in [5, 5.41) is 12.5. The minimum absolute atomic E-state index is 0.203. The number of aromatic nitrogens is 2. The van der Waals surface area contributed by atoms with Gasteiger partial charge in [0, 0.05) is 18.4 Å². The Morgan fingerprint density at radius 1 is 1.44 bits per heavy atom. The second-order valence-electron chi connectivity index (χ2n) is 3.97. The topological polar surface area (TPSA) is 101 Å². The fourth-order valence-corrected chi connectivity index (χ4v) is 1.80. The van der Waals surface area contributed by atoms with E-state index >= 15 is 0 Å². The van der Waals surface area contributed by atoms with Crippen LogP contribution in [0, 0.1) is 0 Å². The third kappa shape index (κ3) is 2.46. The number of aliphatic hydroxyl groups is 1. The van der Waals surface area contributed by atoms with E-state index in [1.54, 1.807) is 0 Å². The van der Waals surface area contributed by atoms with Crippen molar-refractivity contribution in [3.05, 3.63) is 18.0 Å². The number of carbonyl (C=O) groups is 1. The molecule has 1 fully saturated rings. The van der Waals surface area contributed by atoms with E-state index in [-0.39, 0.29) is 17.7 Å². The van der Waals surface area contributed by atoms with E-state index in [0.29, 0.717) is 12.4 Å². The standard InChI is InChI=1S/C10H14N4O2/c11-9(16)6-4-12-10(13-5-6)14-7-1-2-8(15)3-7/h4-5,7-8,15H,1-3H2,(H2,11,16)(H,12,13,14)/t7-,8-/m1/s1. The zero-order chi connectivity index (χ0) is 11.5. The summed E-state index contributed by atoms with van der Waals surface area (Å²) in [5.74, 6) is -0.0769. The van der Waals surface area contributed by atoms with Crippen LogP contribution in [0.2, 0.25) is 0 Å². The molecular formula is C10H14N4O2. The number of anilines is 1. The predicted molar refractivity (Wildman–Crippen MR) is 57.8 cm³/mol. The quantitative estimate of drug-likeness (QED) is 0.663. The molecule has 6 nitrogen and oxygen atoms in total. The molecule has 2 rings (SSSR count). The Bertz CT molecular complexity index is 379. The molecule has 0 aromatic carbocycles. The van der Waals surface area contributed by atoms with E-state index < -0.39 is 5.91 Å². The van der Waals surface area contributed by atoms with Gasteiger partial charge in [-0.25, -0.2) is 9.97 Å². The van der Waals surface area contributed by atoms with Gasteiger partial charge < -0.3 is 16.2 Å². The molecule has 1 aliphatic rings. The second kappa shape index (κ2) is 4.44. The Morgan fingerprint density at radius 2 is 2.12 bits per heavy atom. The van der Waals surface area contributed by atoms with Gasteiger partial charge in [0.2, 0.25) is 5.95 Å². The highest BCUT2D eigenvalue weighted by molar-refractivity contribution is 5.92. The zero-order valence-corrected chi connectivity index (χ0v) is 8.76. The molecule has 4 N–H and O–H groups in total. The summed E-state index contributed by atoms with van der Waals surface area (Å²) in [6.07, 6.45) is 4.97. The van der Waals surface area contributed by atoms with Crippen LogP contribution in [0.15, 0.2) is 12.4 Å². The first kappa shape index (κ1) is 10.8. The lowest BCUT2D eigenvalue weighted by molar-refractivity contribution is 0.0999. The summed E-state index contributed by atoms with van der Waals surface area (Å²) >= 11 is 0. The van der Waals surface area contributed by atoms with Gasteiger partial charge in [0.1, 0.15) is 0 Å². The number of carbonyl (C=O) groups excluding carboxylic acids is 1. The SMILES string of the molecule is NC(=O)c1cnc(N[C@@H]2CC[C@@H](O)C2)nc1. The number of rotatable bonds is 3. The summed E-state index contributed by atoms with van der Waals surface area (Å²) in [6.45, 7) is 0. The minimum Gasteiger partial charge on any atom is -0.393 e. The second-order valence-corrected chi connectivity index (χ2v) is 3.97. The van der Waals surface area contributed by atoms with E-state index in [1.807, 2.05) is 0 Å². The van der Waals surface area contributed by atoms with Crippen LogP contribution in [0.5, 0.6) is 0 Å². The summed E-state index contributed by atoms with van der Waals surface area (Å²) in [5.41, 5.74) is 5.36. The highest BCUT2D eigenvalue weighted by Crippen LogP contribution is 2.21. The fourth-order valence-electron chi connectivity index (χ4n) is 1.80. The molecule has 1 aromatic heterocycles. The molecule has 6 heteroatoms. The number of hydrogen-bond acceptors (Lipinski definition) is 5. The lowest BCUT2D eigenvalue weighted by Crippen LogP contribution is -2.19. The van der Waals surface area contributed by atoms with Crippen molar-refractivity contribution in [1.29, 1.82) is 0 Å². The molecule has 1 aliphatic carbocycles. The van der Waals surface area contributed by atoms with Crippen molar-refractivity contribution in [2.45, 2.75) is 31.4 Å². The molecule has 16 heavy (non-hydrogen) atoms. The van der Waals surface area contributed by atoms with Gasteiger partial charge in [0.15, 0.2) is 0 Å². The lowest BCUT2D eigenvalue weighted by Gasteiger charge is -2.11. The number of aliphatic hydroxyl groups excluding tert-OH is 1. The van der Waals surface area contributed by atoms with Gasteiger partial charge in [0.25, 0.3) is 5.91 Å². The number of primary amides is 1. The molecule has 1 saturated carbocycles. The van der Waals surface area contributed by atoms with Gasteiger partial charge >= 0.3 is 0 Å². The predicted octanol–water partition coefficient (Wildman–Crippen LogP) is -0.0992. The third-order valence-corrected chi connectivity index (χ3v) is 2.67. The van der Waals surface area contributed by atoms with Crippen molar-refractivity contribution in [3.8, 4) is 0 Å². The van der Waals surface area contributed by atoms with E-state index in [4.69, 9.17) is 5.73 Å². The Balaban J connectivity index is 1.97. The molecule has 0 saturated heterocycles. The first-order valence-electron chi connectivity index (χ1n) is 5.21. The van der Waals surface area contributed by atoms with E-state index in [2.05, 4.69) is 15.3 Å².